The second-order valence-electron chi connectivity index (χ2n) is 3.48. The predicted octanol–water partition coefficient (Wildman–Crippen LogP) is 1.50. The second-order valence-corrected chi connectivity index (χ2v) is 3.48. The average Bonchev–Trinajstić information content (AvgIpc) is 2.23. The van der Waals surface area contributed by atoms with Crippen LogP contribution >= 0.6 is 0 Å². The van der Waals surface area contributed by atoms with Crippen LogP contribution in [0.2, 0.25) is 0 Å². The molecule has 0 saturated heterocycles. The third kappa shape index (κ3) is 8.17. The monoisotopic (exact) mass is 211 g/mol. The molecule has 0 aliphatic heterocycles. The number of unbranched alkanes of at least 4 members (excludes halogenated alkanes) is 3. The van der Waals surface area contributed by atoms with Crippen LogP contribution in [-0.4, -0.2) is 25.0 Å². The Morgan fingerprint density at radius 1 is 1.40 bits per heavy atom. The number of hydrogen-bond donors (Lipinski definition) is 1. The van der Waals surface area contributed by atoms with E-state index in [1.54, 1.807) is 6.92 Å². The quantitative estimate of drug-likeness (QED) is 0.376. The van der Waals surface area contributed by atoms with E-state index in [0.29, 0.717) is 6.61 Å². The van der Waals surface area contributed by atoms with E-state index in [1.165, 1.54) is 19.3 Å². The van der Waals surface area contributed by atoms with Gasteiger partial charge in [-0.15, -0.1) is 0 Å². The first-order valence-corrected chi connectivity index (χ1v) is 5.52. The Labute approximate surface area is 92.4 Å². The van der Waals surface area contributed by atoms with Crippen LogP contribution in [-0.2, 0) is 9.53 Å². The van der Waals surface area contributed by atoms with Crippen molar-refractivity contribution in [2.75, 3.05) is 13.2 Å². The standard InChI is InChI=1S/C12H21NO2/c1-3-5-6-7-9-15-10-11(13)12(14)8-4-2/h11H,3,5-7,9-10,13H2,1-2H3. The summed E-state index contributed by atoms with van der Waals surface area (Å²) in [7, 11) is 0. The molecule has 1 unspecified atom stereocenters. The maximum atomic E-state index is 11.1. The number of hydrogen-bond acceptors (Lipinski definition) is 3. The highest BCUT2D eigenvalue weighted by Crippen LogP contribution is 1.99. The normalized spacial score (nSPS) is 11.7. The lowest BCUT2D eigenvalue weighted by Gasteiger charge is -2.07. The Bertz CT molecular complexity index is 228. The Balaban J connectivity index is 3.41. The van der Waals surface area contributed by atoms with Crippen LogP contribution in [0.3, 0.4) is 0 Å². The van der Waals surface area contributed by atoms with Crippen LogP contribution in [0.15, 0.2) is 0 Å². The van der Waals surface area contributed by atoms with Crippen molar-refractivity contribution in [1.82, 2.24) is 0 Å². The largest absolute Gasteiger partial charge is 0.379 e. The summed E-state index contributed by atoms with van der Waals surface area (Å²) in [4.78, 5) is 11.1. The molecule has 0 aromatic carbocycles. The molecule has 0 rings (SSSR count). The van der Waals surface area contributed by atoms with Crippen molar-refractivity contribution >= 4 is 5.78 Å². The molecule has 0 spiro atoms. The Hall–Kier alpha value is -0.850. The highest BCUT2D eigenvalue weighted by Gasteiger charge is 2.10. The van der Waals surface area contributed by atoms with Crippen molar-refractivity contribution in [1.29, 1.82) is 0 Å². The molecule has 0 aromatic heterocycles. The van der Waals surface area contributed by atoms with Gasteiger partial charge < -0.3 is 10.5 Å². The zero-order chi connectivity index (χ0) is 11.5. The predicted molar refractivity (Wildman–Crippen MR) is 61.4 cm³/mol. The SMILES string of the molecule is CC#CC(=O)C(N)COCCCCCC. The highest BCUT2D eigenvalue weighted by molar-refractivity contribution is 5.99. The van der Waals surface area contributed by atoms with Gasteiger partial charge in [0.1, 0.15) is 0 Å². The molecule has 1 atom stereocenters. The van der Waals surface area contributed by atoms with E-state index < -0.39 is 6.04 Å². The number of ketones is 1. The zero-order valence-electron chi connectivity index (χ0n) is 9.71. The molecule has 0 aliphatic carbocycles. The summed E-state index contributed by atoms with van der Waals surface area (Å²) in [5, 5.41) is 0. The van der Waals surface area contributed by atoms with Crippen molar-refractivity contribution in [2.45, 2.75) is 45.6 Å². The molecule has 0 aliphatic rings. The third-order valence-electron chi connectivity index (χ3n) is 2.02. The van der Waals surface area contributed by atoms with Crippen molar-refractivity contribution in [3.05, 3.63) is 0 Å². The fraction of sp³-hybridized carbons (Fsp3) is 0.750. The smallest absolute Gasteiger partial charge is 0.224 e. The molecule has 3 heteroatoms. The fourth-order valence-corrected chi connectivity index (χ4v) is 1.13. The summed E-state index contributed by atoms with van der Waals surface area (Å²) in [5.74, 6) is 4.70. The van der Waals surface area contributed by atoms with Gasteiger partial charge in [-0.3, -0.25) is 4.79 Å². The van der Waals surface area contributed by atoms with Crippen LogP contribution < -0.4 is 5.73 Å². The minimum Gasteiger partial charge on any atom is -0.379 e. The average molecular weight is 211 g/mol. The maximum absolute atomic E-state index is 11.1. The van der Waals surface area contributed by atoms with Crippen LogP contribution in [0, 0.1) is 11.8 Å². The summed E-state index contributed by atoms with van der Waals surface area (Å²) in [6.07, 6.45) is 4.66. The van der Waals surface area contributed by atoms with E-state index >= 15 is 0 Å². The minimum atomic E-state index is -0.594. The van der Waals surface area contributed by atoms with E-state index in [9.17, 15) is 4.79 Å². The van der Waals surface area contributed by atoms with Gasteiger partial charge in [0.25, 0.3) is 0 Å². The van der Waals surface area contributed by atoms with Gasteiger partial charge in [0.15, 0.2) is 0 Å². The number of ether oxygens (including phenoxy) is 1. The molecule has 2 N–H and O–H groups in total. The Morgan fingerprint density at radius 3 is 2.73 bits per heavy atom. The molecule has 0 radical (unpaired) electrons. The van der Waals surface area contributed by atoms with Gasteiger partial charge in [-0.2, -0.15) is 0 Å². The summed E-state index contributed by atoms with van der Waals surface area (Å²) in [6, 6.07) is -0.594. The van der Waals surface area contributed by atoms with Gasteiger partial charge >= 0.3 is 0 Å². The zero-order valence-corrected chi connectivity index (χ0v) is 9.71. The Kier molecular flexibility index (Phi) is 9.15. The van der Waals surface area contributed by atoms with E-state index in [1.807, 2.05) is 0 Å². The van der Waals surface area contributed by atoms with Crippen LogP contribution in [0.25, 0.3) is 0 Å². The van der Waals surface area contributed by atoms with Gasteiger partial charge in [0, 0.05) is 6.61 Å². The van der Waals surface area contributed by atoms with E-state index in [4.69, 9.17) is 10.5 Å². The van der Waals surface area contributed by atoms with Crippen LogP contribution in [0.5, 0.6) is 0 Å². The molecule has 86 valence electrons. The third-order valence-corrected chi connectivity index (χ3v) is 2.02. The number of carbonyl (C=O) groups excluding carboxylic acids is 1. The Morgan fingerprint density at radius 2 is 2.13 bits per heavy atom. The van der Waals surface area contributed by atoms with Gasteiger partial charge in [0.2, 0.25) is 5.78 Å². The maximum Gasteiger partial charge on any atom is 0.224 e. The first-order valence-electron chi connectivity index (χ1n) is 5.52. The van der Waals surface area contributed by atoms with Crippen molar-refractivity contribution in [3.8, 4) is 11.8 Å². The molecule has 0 aromatic rings. The number of rotatable bonds is 8. The minimum absolute atomic E-state index is 0.244. The number of Topliss-reactive ketones (excluding diaryl/α,β-unsaturated/α-hetero) is 1. The highest BCUT2D eigenvalue weighted by atomic mass is 16.5. The molecule has 3 nitrogen and oxygen atoms in total. The first kappa shape index (κ1) is 14.2. The van der Waals surface area contributed by atoms with Crippen molar-refractivity contribution in [2.24, 2.45) is 5.73 Å². The molecular weight excluding hydrogens is 190 g/mol. The molecular formula is C12H21NO2. The van der Waals surface area contributed by atoms with Gasteiger partial charge in [-0.1, -0.05) is 32.1 Å². The lowest BCUT2D eigenvalue weighted by molar-refractivity contribution is -0.116. The van der Waals surface area contributed by atoms with E-state index in [2.05, 4.69) is 18.8 Å². The van der Waals surface area contributed by atoms with Crippen LogP contribution in [0.4, 0.5) is 0 Å². The molecule has 0 fully saturated rings. The lowest BCUT2D eigenvalue weighted by atomic mass is 10.2. The van der Waals surface area contributed by atoms with Gasteiger partial charge in [0.05, 0.1) is 12.6 Å². The molecule has 0 saturated carbocycles. The number of nitrogens with two attached hydrogens (primary N) is 1. The van der Waals surface area contributed by atoms with E-state index in [0.717, 1.165) is 6.42 Å². The summed E-state index contributed by atoms with van der Waals surface area (Å²) >= 11 is 0. The summed E-state index contributed by atoms with van der Waals surface area (Å²) < 4.78 is 5.30. The first-order chi connectivity index (χ1) is 7.22. The van der Waals surface area contributed by atoms with Gasteiger partial charge in [-0.05, 0) is 19.3 Å². The molecule has 0 bridgehead atoms. The van der Waals surface area contributed by atoms with Crippen molar-refractivity contribution < 1.29 is 9.53 Å². The lowest BCUT2D eigenvalue weighted by Crippen LogP contribution is -2.34. The summed E-state index contributed by atoms with van der Waals surface area (Å²) in [5.41, 5.74) is 5.57. The van der Waals surface area contributed by atoms with Crippen LogP contribution in [0.1, 0.15) is 39.5 Å². The second kappa shape index (κ2) is 9.70. The van der Waals surface area contributed by atoms with E-state index in [-0.39, 0.29) is 12.4 Å². The van der Waals surface area contributed by atoms with Gasteiger partial charge in [-0.25, -0.2) is 0 Å². The molecule has 0 heterocycles. The number of carbonyl (C=O) groups is 1. The molecule has 15 heavy (non-hydrogen) atoms. The van der Waals surface area contributed by atoms with Crippen molar-refractivity contribution in [3.63, 3.8) is 0 Å². The topological polar surface area (TPSA) is 52.3 Å². The fourth-order valence-electron chi connectivity index (χ4n) is 1.13. The molecule has 0 amide bonds. The summed E-state index contributed by atoms with van der Waals surface area (Å²) in [6.45, 7) is 4.75.